The van der Waals surface area contributed by atoms with E-state index in [0.717, 1.165) is 20.9 Å². The molecule has 0 bridgehead atoms. The van der Waals surface area contributed by atoms with Gasteiger partial charge in [-0.2, -0.15) is 0 Å². The first-order chi connectivity index (χ1) is 8.82. The van der Waals surface area contributed by atoms with Crippen LogP contribution in [0.15, 0.2) is 46.2 Å². The van der Waals surface area contributed by atoms with Crippen molar-refractivity contribution in [3.05, 3.63) is 47.5 Å². The Kier molecular flexibility index (Phi) is 3.74. The Morgan fingerprint density at radius 1 is 0.789 bits per heavy atom. The maximum atomic E-state index is 5.81. The summed E-state index contributed by atoms with van der Waals surface area (Å²) in [6.45, 7) is 4.31. The third-order valence-electron chi connectivity index (χ3n) is 3.50. The number of anilines is 2. The molecule has 0 aliphatic carbocycles. The van der Waals surface area contributed by atoms with Crippen LogP contribution < -0.4 is 11.5 Å². The summed E-state index contributed by atoms with van der Waals surface area (Å²) in [6, 6.07) is 11.9. The smallest absolute Gasteiger partial charge is 0.0449 e. The van der Waals surface area contributed by atoms with Crippen molar-refractivity contribution in [1.29, 1.82) is 0 Å². The van der Waals surface area contributed by atoms with E-state index in [4.69, 9.17) is 11.5 Å². The van der Waals surface area contributed by atoms with Gasteiger partial charge in [-0.05, 0) is 35.4 Å². The molecule has 0 radical (unpaired) electrons. The predicted octanol–water partition coefficient (Wildman–Crippen LogP) is 3.75. The Morgan fingerprint density at radius 2 is 1.16 bits per heavy atom. The molecule has 0 amide bonds. The highest BCUT2D eigenvalue weighted by molar-refractivity contribution is 7.80. The summed E-state index contributed by atoms with van der Waals surface area (Å²) in [5.41, 5.74) is 15.2. The van der Waals surface area contributed by atoms with Crippen LogP contribution in [-0.4, -0.2) is 0 Å². The highest BCUT2D eigenvalue weighted by Gasteiger charge is 2.24. The van der Waals surface area contributed by atoms with Crippen LogP contribution in [0.4, 0.5) is 11.4 Å². The normalized spacial score (nSPS) is 11.6. The van der Waals surface area contributed by atoms with Crippen molar-refractivity contribution in [2.45, 2.75) is 29.1 Å². The zero-order valence-corrected chi connectivity index (χ0v) is 12.8. The van der Waals surface area contributed by atoms with E-state index in [1.807, 2.05) is 36.4 Å². The van der Waals surface area contributed by atoms with E-state index in [2.05, 4.69) is 39.1 Å². The monoisotopic (exact) mass is 290 g/mol. The predicted molar refractivity (Wildman–Crippen MR) is 88.3 cm³/mol. The first kappa shape index (κ1) is 14.2. The van der Waals surface area contributed by atoms with E-state index in [1.54, 1.807) is 0 Å². The number of rotatable bonds is 2. The van der Waals surface area contributed by atoms with Crippen LogP contribution in [0.25, 0.3) is 0 Å². The molecule has 2 aromatic carbocycles. The van der Waals surface area contributed by atoms with Gasteiger partial charge in [-0.3, -0.25) is 0 Å². The third kappa shape index (κ3) is 2.69. The summed E-state index contributed by atoms with van der Waals surface area (Å²) in [5.74, 6) is 0. The second-order valence-electron chi connectivity index (χ2n) is 5.17. The molecule has 2 nitrogen and oxygen atoms in total. The van der Waals surface area contributed by atoms with E-state index in [1.165, 1.54) is 0 Å². The minimum absolute atomic E-state index is 0.156. The maximum Gasteiger partial charge on any atom is 0.0449 e. The molecule has 0 aliphatic heterocycles. The highest BCUT2D eigenvalue weighted by atomic mass is 32.1. The van der Waals surface area contributed by atoms with Crippen LogP contribution in [0.3, 0.4) is 0 Å². The number of nitrogens with two attached hydrogens (primary N) is 2. The molecule has 2 aromatic rings. The van der Waals surface area contributed by atoms with Crippen LogP contribution >= 0.6 is 25.3 Å². The van der Waals surface area contributed by atoms with Crippen molar-refractivity contribution in [3.63, 3.8) is 0 Å². The molecule has 0 saturated carbocycles. The second kappa shape index (κ2) is 5.02. The van der Waals surface area contributed by atoms with Crippen LogP contribution in [0.2, 0.25) is 0 Å². The molecule has 0 unspecified atom stereocenters. The minimum atomic E-state index is -0.156. The second-order valence-corrected chi connectivity index (χ2v) is 6.14. The lowest BCUT2D eigenvalue weighted by Crippen LogP contribution is -2.19. The van der Waals surface area contributed by atoms with Crippen LogP contribution in [0.1, 0.15) is 25.0 Å². The molecule has 0 heterocycles. The van der Waals surface area contributed by atoms with Gasteiger partial charge in [0.05, 0.1) is 0 Å². The van der Waals surface area contributed by atoms with Gasteiger partial charge < -0.3 is 11.5 Å². The highest BCUT2D eigenvalue weighted by Crippen LogP contribution is 2.35. The SMILES string of the molecule is CC(C)(c1ccc(N)c(S)c1)c1ccc(N)c(S)c1. The number of hydrogen-bond acceptors (Lipinski definition) is 4. The lowest BCUT2D eigenvalue weighted by molar-refractivity contribution is 0.637. The number of nitrogen functional groups attached to an aromatic ring is 2. The summed E-state index contributed by atoms with van der Waals surface area (Å²) >= 11 is 8.78. The third-order valence-corrected chi connectivity index (χ3v) is 4.28. The fraction of sp³-hybridized carbons (Fsp3) is 0.200. The summed E-state index contributed by atoms with van der Waals surface area (Å²) in [5, 5.41) is 0. The van der Waals surface area contributed by atoms with Gasteiger partial charge in [0.25, 0.3) is 0 Å². The molecule has 100 valence electrons. The van der Waals surface area contributed by atoms with Gasteiger partial charge in [-0.1, -0.05) is 26.0 Å². The molecule has 4 heteroatoms. The molecule has 0 aliphatic rings. The van der Waals surface area contributed by atoms with Gasteiger partial charge in [0.2, 0.25) is 0 Å². The van der Waals surface area contributed by atoms with Gasteiger partial charge >= 0.3 is 0 Å². The van der Waals surface area contributed by atoms with Crippen molar-refractivity contribution < 1.29 is 0 Å². The van der Waals surface area contributed by atoms with Crippen LogP contribution in [0.5, 0.6) is 0 Å². The Labute approximate surface area is 125 Å². The van der Waals surface area contributed by atoms with Crippen molar-refractivity contribution in [1.82, 2.24) is 0 Å². The maximum absolute atomic E-state index is 5.81. The molecule has 0 fully saturated rings. The first-order valence-corrected chi connectivity index (χ1v) is 6.90. The van der Waals surface area contributed by atoms with Gasteiger partial charge in [0, 0.05) is 26.6 Å². The first-order valence-electron chi connectivity index (χ1n) is 6.00. The lowest BCUT2D eigenvalue weighted by Gasteiger charge is -2.27. The summed E-state index contributed by atoms with van der Waals surface area (Å²) < 4.78 is 0. The zero-order valence-electron chi connectivity index (χ0n) is 11.0. The van der Waals surface area contributed by atoms with E-state index in [9.17, 15) is 0 Å². The molecule has 0 saturated heterocycles. The van der Waals surface area contributed by atoms with Gasteiger partial charge in [-0.15, -0.1) is 25.3 Å². The number of thiol groups is 2. The van der Waals surface area contributed by atoms with E-state index >= 15 is 0 Å². The molecule has 19 heavy (non-hydrogen) atoms. The van der Waals surface area contributed by atoms with Crippen molar-refractivity contribution in [2.75, 3.05) is 11.5 Å². The molecule has 4 N–H and O–H groups in total. The fourth-order valence-corrected chi connectivity index (χ4v) is 2.46. The van der Waals surface area contributed by atoms with Gasteiger partial charge in [-0.25, -0.2) is 0 Å². The van der Waals surface area contributed by atoms with Gasteiger partial charge in [0.1, 0.15) is 0 Å². The molecular formula is C15H18N2S2. The van der Waals surface area contributed by atoms with E-state index in [-0.39, 0.29) is 5.41 Å². The van der Waals surface area contributed by atoms with Crippen LogP contribution in [-0.2, 0) is 5.41 Å². The average Bonchev–Trinajstić information content (AvgIpc) is 2.35. The topological polar surface area (TPSA) is 52.0 Å². The molecular weight excluding hydrogens is 272 g/mol. The summed E-state index contributed by atoms with van der Waals surface area (Å²) in [7, 11) is 0. The summed E-state index contributed by atoms with van der Waals surface area (Å²) in [6.07, 6.45) is 0. The van der Waals surface area contributed by atoms with E-state index in [0.29, 0.717) is 11.4 Å². The Bertz CT molecular complexity index is 568. The lowest BCUT2D eigenvalue weighted by atomic mass is 9.78. The Morgan fingerprint density at radius 3 is 1.47 bits per heavy atom. The standard InChI is InChI=1S/C15H18N2S2/c1-15(2,9-3-5-11(16)13(18)7-9)10-4-6-12(17)14(19)8-10/h3-8,18-19H,16-17H2,1-2H3. The quantitative estimate of drug-likeness (QED) is 0.503. The van der Waals surface area contributed by atoms with Crippen molar-refractivity contribution >= 4 is 36.6 Å². The fourth-order valence-electron chi connectivity index (χ4n) is 2.03. The Balaban J connectivity index is 2.51. The van der Waals surface area contributed by atoms with E-state index < -0.39 is 0 Å². The average molecular weight is 290 g/mol. The van der Waals surface area contributed by atoms with Gasteiger partial charge in [0.15, 0.2) is 0 Å². The van der Waals surface area contributed by atoms with Crippen molar-refractivity contribution in [3.8, 4) is 0 Å². The minimum Gasteiger partial charge on any atom is -0.398 e. The van der Waals surface area contributed by atoms with Crippen LogP contribution in [0, 0.1) is 0 Å². The summed E-state index contributed by atoms with van der Waals surface area (Å²) in [4.78, 5) is 1.60. The number of hydrogen-bond donors (Lipinski definition) is 4. The molecule has 0 aromatic heterocycles. The number of benzene rings is 2. The molecule has 0 atom stereocenters. The van der Waals surface area contributed by atoms with Crippen molar-refractivity contribution in [2.24, 2.45) is 0 Å². The molecule has 0 spiro atoms. The zero-order chi connectivity index (χ0) is 14.2. The largest absolute Gasteiger partial charge is 0.398 e. The Hall–Kier alpha value is -1.26. The molecule has 2 rings (SSSR count).